The molecule has 1 fully saturated rings. The van der Waals surface area contributed by atoms with Gasteiger partial charge in [-0.1, -0.05) is 16.8 Å². The molecular formula is C21H18ClN7O. The highest BCUT2D eigenvalue weighted by Gasteiger charge is 2.23. The Bertz CT molecular complexity index is 1190. The van der Waals surface area contributed by atoms with Gasteiger partial charge >= 0.3 is 0 Å². The van der Waals surface area contributed by atoms with Crippen molar-refractivity contribution in [2.24, 2.45) is 0 Å². The summed E-state index contributed by atoms with van der Waals surface area (Å²) in [6.45, 7) is 2.86. The fraction of sp³-hybridized carbons (Fsp3) is 0.190. The first-order chi connectivity index (χ1) is 14.7. The van der Waals surface area contributed by atoms with E-state index in [4.69, 9.17) is 11.6 Å². The number of carbonyl (C=O) groups excluding carboxylic acids is 1. The molecular weight excluding hydrogens is 402 g/mol. The van der Waals surface area contributed by atoms with E-state index in [1.54, 1.807) is 35.3 Å². The average molecular weight is 420 g/mol. The number of rotatable bonds is 3. The Morgan fingerprint density at radius 2 is 1.67 bits per heavy atom. The zero-order valence-electron chi connectivity index (χ0n) is 16.0. The molecule has 1 amide bonds. The molecule has 0 atom stereocenters. The molecule has 2 aromatic heterocycles. The Morgan fingerprint density at radius 1 is 0.933 bits per heavy atom. The number of hydrogen-bond acceptors (Lipinski definition) is 6. The van der Waals surface area contributed by atoms with E-state index in [2.05, 4.69) is 25.2 Å². The third-order valence-electron chi connectivity index (χ3n) is 5.19. The number of fused-ring (bicyclic) bond motifs is 1. The highest BCUT2D eigenvalue weighted by molar-refractivity contribution is 6.30. The summed E-state index contributed by atoms with van der Waals surface area (Å²) in [6.07, 6.45) is 3.30. The predicted octanol–water partition coefficient (Wildman–Crippen LogP) is 2.83. The maximum absolute atomic E-state index is 13.0. The first kappa shape index (κ1) is 18.5. The number of hydrogen-bond donors (Lipinski definition) is 0. The monoisotopic (exact) mass is 419 g/mol. The molecule has 150 valence electrons. The SMILES string of the molecule is O=C(c1ccc2c(c1)nnn2-c1ncccn1)N1CCN(c2ccc(Cl)cc2)CC1. The van der Waals surface area contributed by atoms with Crippen LogP contribution in [0.3, 0.4) is 0 Å². The van der Waals surface area contributed by atoms with Crippen molar-refractivity contribution in [1.82, 2.24) is 29.9 Å². The van der Waals surface area contributed by atoms with E-state index in [9.17, 15) is 4.79 Å². The number of nitrogens with zero attached hydrogens (tertiary/aromatic N) is 7. The minimum atomic E-state index is -0.00170. The van der Waals surface area contributed by atoms with Crippen molar-refractivity contribution >= 4 is 34.2 Å². The number of benzene rings is 2. The third kappa shape index (κ3) is 3.46. The van der Waals surface area contributed by atoms with Crippen molar-refractivity contribution in [1.29, 1.82) is 0 Å². The summed E-state index contributed by atoms with van der Waals surface area (Å²) in [5.74, 6) is 0.440. The van der Waals surface area contributed by atoms with Crippen LogP contribution in [-0.4, -0.2) is 61.9 Å². The van der Waals surface area contributed by atoms with E-state index in [1.807, 2.05) is 35.2 Å². The second kappa shape index (κ2) is 7.72. The van der Waals surface area contributed by atoms with Crippen LogP contribution in [0, 0.1) is 0 Å². The van der Waals surface area contributed by atoms with Crippen molar-refractivity contribution in [3.63, 3.8) is 0 Å². The van der Waals surface area contributed by atoms with E-state index in [0.717, 1.165) is 29.3 Å². The molecule has 0 spiro atoms. The molecule has 0 radical (unpaired) electrons. The molecule has 1 saturated heterocycles. The number of amides is 1. The van der Waals surface area contributed by atoms with Crippen molar-refractivity contribution < 1.29 is 4.79 Å². The van der Waals surface area contributed by atoms with Crippen LogP contribution in [0.15, 0.2) is 60.9 Å². The Kier molecular flexibility index (Phi) is 4.76. The molecule has 3 heterocycles. The smallest absolute Gasteiger partial charge is 0.254 e. The van der Waals surface area contributed by atoms with Crippen LogP contribution in [0.2, 0.25) is 5.02 Å². The fourth-order valence-electron chi connectivity index (χ4n) is 3.61. The van der Waals surface area contributed by atoms with Gasteiger partial charge in [-0.2, -0.15) is 4.68 Å². The van der Waals surface area contributed by atoms with Gasteiger partial charge in [-0.15, -0.1) is 5.10 Å². The first-order valence-corrected chi connectivity index (χ1v) is 9.99. The van der Waals surface area contributed by atoms with Crippen LogP contribution >= 0.6 is 11.6 Å². The van der Waals surface area contributed by atoms with Gasteiger partial charge in [0.1, 0.15) is 5.52 Å². The normalized spacial score (nSPS) is 14.3. The predicted molar refractivity (Wildman–Crippen MR) is 114 cm³/mol. The average Bonchev–Trinajstić information content (AvgIpc) is 3.23. The Labute approximate surface area is 177 Å². The lowest BCUT2D eigenvalue weighted by Gasteiger charge is -2.36. The zero-order valence-corrected chi connectivity index (χ0v) is 16.8. The second-order valence-corrected chi connectivity index (χ2v) is 7.45. The summed E-state index contributed by atoms with van der Waals surface area (Å²) in [5.41, 5.74) is 3.11. The molecule has 0 bridgehead atoms. The molecule has 0 saturated carbocycles. The van der Waals surface area contributed by atoms with Crippen LogP contribution in [0.5, 0.6) is 0 Å². The number of carbonyl (C=O) groups is 1. The minimum Gasteiger partial charge on any atom is -0.368 e. The van der Waals surface area contributed by atoms with Crippen LogP contribution in [-0.2, 0) is 0 Å². The largest absolute Gasteiger partial charge is 0.368 e. The maximum Gasteiger partial charge on any atom is 0.254 e. The number of piperazine rings is 1. The van der Waals surface area contributed by atoms with Crippen LogP contribution in [0.25, 0.3) is 17.0 Å². The summed E-state index contributed by atoms with van der Waals surface area (Å²) < 4.78 is 1.56. The second-order valence-electron chi connectivity index (χ2n) is 7.01. The number of aromatic nitrogens is 5. The van der Waals surface area contributed by atoms with Gasteiger partial charge in [0.25, 0.3) is 11.9 Å². The number of halogens is 1. The summed E-state index contributed by atoms with van der Waals surface area (Å²) >= 11 is 5.97. The number of anilines is 1. The van der Waals surface area contributed by atoms with Gasteiger partial charge in [-0.05, 0) is 48.5 Å². The molecule has 8 nitrogen and oxygen atoms in total. The van der Waals surface area contributed by atoms with Crippen LogP contribution in [0.4, 0.5) is 5.69 Å². The van der Waals surface area contributed by atoms with Gasteiger partial charge in [0.05, 0.1) is 5.52 Å². The molecule has 1 aliphatic rings. The summed E-state index contributed by atoms with van der Waals surface area (Å²) in [4.78, 5) is 25.6. The van der Waals surface area contributed by atoms with Gasteiger partial charge in [0.2, 0.25) is 0 Å². The molecule has 5 rings (SSSR count). The molecule has 1 aliphatic heterocycles. The van der Waals surface area contributed by atoms with Gasteiger partial charge in [-0.25, -0.2) is 9.97 Å². The van der Waals surface area contributed by atoms with Crippen molar-refractivity contribution in [2.45, 2.75) is 0 Å². The lowest BCUT2D eigenvalue weighted by molar-refractivity contribution is 0.0747. The molecule has 2 aromatic carbocycles. The summed E-state index contributed by atoms with van der Waals surface area (Å²) in [6, 6.07) is 14.9. The molecule has 4 aromatic rings. The Hall–Kier alpha value is -3.52. The summed E-state index contributed by atoms with van der Waals surface area (Å²) in [5, 5.41) is 9.04. The quantitative estimate of drug-likeness (QED) is 0.508. The lowest BCUT2D eigenvalue weighted by atomic mass is 10.1. The molecule has 0 unspecified atom stereocenters. The third-order valence-corrected chi connectivity index (χ3v) is 5.44. The van der Waals surface area contributed by atoms with Crippen LogP contribution in [0.1, 0.15) is 10.4 Å². The zero-order chi connectivity index (χ0) is 20.5. The van der Waals surface area contributed by atoms with Crippen LogP contribution < -0.4 is 4.90 Å². The van der Waals surface area contributed by atoms with E-state index in [1.165, 1.54) is 0 Å². The molecule has 0 N–H and O–H groups in total. The van der Waals surface area contributed by atoms with Gasteiger partial charge in [-0.3, -0.25) is 4.79 Å². The Morgan fingerprint density at radius 3 is 2.40 bits per heavy atom. The highest BCUT2D eigenvalue weighted by atomic mass is 35.5. The van der Waals surface area contributed by atoms with E-state index in [-0.39, 0.29) is 5.91 Å². The topological polar surface area (TPSA) is 80.0 Å². The fourth-order valence-corrected chi connectivity index (χ4v) is 3.73. The van der Waals surface area contributed by atoms with Crippen molar-refractivity contribution in [2.75, 3.05) is 31.1 Å². The lowest BCUT2D eigenvalue weighted by Crippen LogP contribution is -2.48. The van der Waals surface area contributed by atoms with Gasteiger partial charge in [0.15, 0.2) is 0 Å². The van der Waals surface area contributed by atoms with E-state index in [0.29, 0.717) is 30.1 Å². The van der Waals surface area contributed by atoms with Crippen molar-refractivity contribution in [3.05, 3.63) is 71.5 Å². The standard InChI is InChI=1S/C21H18ClN7O/c22-16-3-5-17(6-4-16)27-10-12-28(13-11-27)20(30)15-2-7-19-18(14-15)25-26-29(19)21-23-8-1-9-24-21/h1-9,14H,10-13H2. The Balaban J connectivity index is 1.31. The molecule has 30 heavy (non-hydrogen) atoms. The highest BCUT2D eigenvalue weighted by Crippen LogP contribution is 2.21. The maximum atomic E-state index is 13.0. The van der Waals surface area contributed by atoms with E-state index < -0.39 is 0 Å². The van der Waals surface area contributed by atoms with Crippen molar-refractivity contribution in [3.8, 4) is 5.95 Å². The van der Waals surface area contributed by atoms with E-state index >= 15 is 0 Å². The van der Waals surface area contributed by atoms with Gasteiger partial charge in [0, 0.05) is 54.8 Å². The molecule has 9 heteroatoms. The first-order valence-electron chi connectivity index (χ1n) is 9.62. The molecule has 0 aliphatic carbocycles. The summed E-state index contributed by atoms with van der Waals surface area (Å²) in [7, 11) is 0. The van der Waals surface area contributed by atoms with Gasteiger partial charge < -0.3 is 9.80 Å². The minimum absolute atomic E-state index is 0.00170.